The fourth-order valence-electron chi connectivity index (χ4n) is 1.83. The molecule has 0 aromatic heterocycles. The molecule has 0 aromatic rings. The maximum atomic E-state index is 13.5. The van der Waals surface area contributed by atoms with Crippen molar-refractivity contribution in [2.75, 3.05) is 6.61 Å². The predicted molar refractivity (Wildman–Crippen MR) is 64.8 cm³/mol. The number of ether oxygens (including phenoxy) is 1. The predicted octanol–water partition coefficient (Wildman–Crippen LogP) is 2.38. The van der Waals surface area contributed by atoms with Gasteiger partial charge in [0.15, 0.2) is 5.54 Å². The monoisotopic (exact) mass is 265 g/mol. The Bertz CT molecular complexity index is 304. The molecule has 1 fully saturated rings. The number of carbonyl (C=O) groups excluding carboxylic acids is 1. The Balaban J connectivity index is 2.53. The van der Waals surface area contributed by atoms with Crippen molar-refractivity contribution in [2.24, 2.45) is 5.73 Å². The minimum Gasteiger partial charge on any atom is -0.464 e. The van der Waals surface area contributed by atoms with Gasteiger partial charge < -0.3 is 10.5 Å². The third-order valence-electron chi connectivity index (χ3n) is 3.16. The topological polar surface area (TPSA) is 52.3 Å². The molecule has 1 aliphatic rings. The van der Waals surface area contributed by atoms with Crippen molar-refractivity contribution in [1.82, 2.24) is 0 Å². The van der Waals surface area contributed by atoms with Gasteiger partial charge in [-0.15, -0.1) is 0 Å². The Kier molecular flexibility index (Phi) is 3.98. The first-order valence-electron chi connectivity index (χ1n) is 5.92. The van der Waals surface area contributed by atoms with Crippen molar-refractivity contribution in [1.29, 1.82) is 0 Å². The normalized spacial score (nSPS) is 28.1. The van der Waals surface area contributed by atoms with Crippen LogP contribution in [-0.2, 0) is 9.53 Å². The number of nitrogens with two attached hydrogens (primary N) is 1. The van der Waals surface area contributed by atoms with Crippen LogP contribution in [-0.4, -0.2) is 32.1 Å². The number of hydrogen-bond donors (Lipinski definition) is 1. The summed E-state index contributed by atoms with van der Waals surface area (Å²) in [6.07, 6.45) is -0.0506. The van der Waals surface area contributed by atoms with Crippen molar-refractivity contribution < 1.29 is 18.3 Å². The van der Waals surface area contributed by atoms with Crippen LogP contribution in [0.3, 0.4) is 0 Å². The van der Waals surface area contributed by atoms with Crippen molar-refractivity contribution in [3.8, 4) is 0 Å². The molecule has 1 rings (SSSR count). The van der Waals surface area contributed by atoms with E-state index in [1.807, 2.05) is 0 Å². The molecule has 0 aliphatic heterocycles. The molecule has 1 atom stereocenters. The molecule has 0 unspecified atom stereocenters. The van der Waals surface area contributed by atoms with Crippen LogP contribution in [0.1, 0.15) is 19.3 Å². The van der Waals surface area contributed by atoms with Crippen LogP contribution in [0.2, 0.25) is 25.7 Å². The average molecular weight is 265 g/mol. The first-order chi connectivity index (χ1) is 7.58. The van der Waals surface area contributed by atoms with Crippen LogP contribution in [0.25, 0.3) is 0 Å². The Morgan fingerprint density at radius 1 is 1.35 bits per heavy atom. The van der Waals surface area contributed by atoms with Gasteiger partial charge in [0.1, 0.15) is 0 Å². The molecule has 2 N–H and O–H groups in total. The maximum absolute atomic E-state index is 13.5. The van der Waals surface area contributed by atoms with E-state index in [0.29, 0.717) is 0 Å². The van der Waals surface area contributed by atoms with E-state index in [4.69, 9.17) is 10.5 Å². The fraction of sp³-hybridized carbons (Fsp3) is 0.909. The second kappa shape index (κ2) is 4.64. The third-order valence-corrected chi connectivity index (χ3v) is 4.87. The lowest BCUT2D eigenvalue weighted by atomic mass is 9.96. The molecule has 100 valence electrons. The smallest absolute Gasteiger partial charge is 0.332 e. The lowest BCUT2D eigenvalue weighted by molar-refractivity contribution is -0.163. The van der Waals surface area contributed by atoms with Gasteiger partial charge in [0.25, 0.3) is 5.92 Å². The first-order valence-corrected chi connectivity index (χ1v) is 9.63. The Hall–Kier alpha value is -0.493. The van der Waals surface area contributed by atoms with Crippen LogP contribution >= 0.6 is 0 Å². The highest BCUT2D eigenvalue weighted by molar-refractivity contribution is 6.76. The van der Waals surface area contributed by atoms with E-state index in [-0.39, 0.29) is 25.9 Å². The lowest BCUT2D eigenvalue weighted by Gasteiger charge is -2.28. The van der Waals surface area contributed by atoms with Gasteiger partial charge in [-0.2, -0.15) is 0 Å². The summed E-state index contributed by atoms with van der Waals surface area (Å²) in [5.41, 5.74) is 3.41. The van der Waals surface area contributed by atoms with Crippen molar-refractivity contribution >= 4 is 14.0 Å². The van der Waals surface area contributed by atoms with E-state index in [2.05, 4.69) is 19.6 Å². The molecule has 0 amide bonds. The molecular weight excluding hydrogens is 244 g/mol. The standard InChI is InChI=1S/C11H21F2NO2Si/c1-17(2,3)8-7-16-9(15)10(14)5-4-6-11(10,12)13/h4-8,14H2,1-3H3/t10-/m0/s1. The SMILES string of the molecule is C[Si](C)(C)CCOC(=O)[C@@]1(N)CCCC1(F)F. The molecule has 6 heteroatoms. The molecule has 0 radical (unpaired) electrons. The van der Waals surface area contributed by atoms with Crippen molar-refractivity contribution in [3.63, 3.8) is 0 Å². The third kappa shape index (κ3) is 3.25. The van der Waals surface area contributed by atoms with Crippen LogP contribution in [0, 0.1) is 0 Å². The number of rotatable bonds is 4. The summed E-state index contributed by atoms with van der Waals surface area (Å²) in [6.45, 7) is 6.58. The highest BCUT2D eigenvalue weighted by Crippen LogP contribution is 2.42. The zero-order chi connectivity index (χ0) is 13.3. The summed E-state index contributed by atoms with van der Waals surface area (Å²) in [5, 5.41) is 0. The molecule has 0 spiro atoms. The van der Waals surface area contributed by atoms with Gasteiger partial charge in [0.2, 0.25) is 0 Å². The van der Waals surface area contributed by atoms with E-state index >= 15 is 0 Å². The van der Waals surface area contributed by atoms with E-state index in [0.717, 1.165) is 6.04 Å². The van der Waals surface area contributed by atoms with Crippen molar-refractivity contribution in [2.45, 2.75) is 56.4 Å². The summed E-state index contributed by atoms with van der Waals surface area (Å²) < 4.78 is 31.9. The van der Waals surface area contributed by atoms with Crippen LogP contribution < -0.4 is 5.73 Å². The molecule has 3 nitrogen and oxygen atoms in total. The highest BCUT2D eigenvalue weighted by Gasteiger charge is 2.60. The van der Waals surface area contributed by atoms with Gasteiger partial charge in [0.05, 0.1) is 6.61 Å². The zero-order valence-corrected chi connectivity index (χ0v) is 11.7. The molecule has 0 bridgehead atoms. The van der Waals surface area contributed by atoms with Crippen molar-refractivity contribution in [3.05, 3.63) is 0 Å². The Morgan fingerprint density at radius 2 is 1.94 bits per heavy atom. The molecule has 17 heavy (non-hydrogen) atoms. The highest BCUT2D eigenvalue weighted by atomic mass is 28.3. The van der Waals surface area contributed by atoms with E-state index in [1.54, 1.807) is 0 Å². The number of halogens is 2. The second-order valence-electron chi connectivity index (χ2n) is 5.98. The maximum Gasteiger partial charge on any atom is 0.332 e. The molecule has 0 heterocycles. The average Bonchev–Trinajstić information content (AvgIpc) is 2.40. The number of esters is 1. The quantitative estimate of drug-likeness (QED) is 0.627. The van der Waals surface area contributed by atoms with Gasteiger partial charge in [-0.1, -0.05) is 19.6 Å². The van der Waals surface area contributed by atoms with Gasteiger partial charge in [-0.3, -0.25) is 0 Å². The van der Waals surface area contributed by atoms with Gasteiger partial charge >= 0.3 is 5.97 Å². The minimum absolute atomic E-state index is 0.00573. The number of carbonyl (C=O) groups is 1. The molecule has 0 saturated heterocycles. The fourth-order valence-corrected chi connectivity index (χ4v) is 2.54. The van der Waals surface area contributed by atoms with E-state index in [9.17, 15) is 13.6 Å². The number of hydrogen-bond acceptors (Lipinski definition) is 3. The van der Waals surface area contributed by atoms with E-state index < -0.39 is 25.5 Å². The minimum atomic E-state index is -3.14. The van der Waals surface area contributed by atoms with Gasteiger partial charge in [0, 0.05) is 14.5 Å². The van der Waals surface area contributed by atoms with E-state index in [1.165, 1.54) is 0 Å². The van der Waals surface area contributed by atoms with Crippen LogP contribution in [0.5, 0.6) is 0 Å². The van der Waals surface area contributed by atoms with Gasteiger partial charge in [-0.25, -0.2) is 13.6 Å². The molecular formula is C11H21F2NO2Si. The molecule has 1 saturated carbocycles. The van der Waals surface area contributed by atoms with Crippen LogP contribution in [0.15, 0.2) is 0 Å². The lowest BCUT2D eigenvalue weighted by Crippen LogP contribution is -2.58. The molecule has 1 aliphatic carbocycles. The van der Waals surface area contributed by atoms with Crippen LogP contribution in [0.4, 0.5) is 8.78 Å². The Labute approximate surface area is 102 Å². The van der Waals surface area contributed by atoms with Gasteiger partial charge in [-0.05, 0) is 18.9 Å². The summed E-state index contributed by atoms with van der Waals surface area (Å²) in [6, 6.07) is 0.764. The number of alkyl halides is 2. The zero-order valence-electron chi connectivity index (χ0n) is 10.7. The largest absolute Gasteiger partial charge is 0.464 e. The molecule has 0 aromatic carbocycles. The summed E-state index contributed by atoms with van der Waals surface area (Å²) in [4.78, 5) is 11.7. The summed E-state index contributed by atoms with van der Waals surface area (Å²) in [7, 11) is -1.33. The first kappa shape index (κ1) is 14.6. The second-order valence-corrected chi connectivity index (χ2v) is 11.6. The summed E-state index contributed by atoms with van der Waals surface area (Å²) in [5.74, 6) is -4.08. The summed E-state index contributed by atoms with van der Waals surface area (Å²) >= 11 is 0. The Morgan fingerprint density at radius 3 is 2.35 bits per heavy atom.